The van der Waals surface area contributed by atoms with Crippen LogP contribution in [0.4, 0.5) is 0 Å². The van der Waals surface area contributed by atoms with E-state index in [1.807, 2.05) is 12.1 Å². The summed E-state index contributed by atoms with van der Waals surface area (Å²) in [6.45, 7) is 0. The fraction of sp³-hybridized carbons (Fsp3) is 0. The van der Waals surface area contributed by atoms with Crippen LogP contribution < -0.4 is 0 Å². The molecule has 0 saturated heterocycles. The van der Waals surface area contributed by atoms with E-state index in [9.17, 15) is 0 Å². The van der Waals surface area contributed by atoms with Crippen molar-refractivity contribution in [3.8, 4) is 11.3 Å². The van der Waals surface area contributed by atoms with E-state index in [-0.39, 0.29) is 0 Å². The second-order valence-electron chi connectivity index (χ2n) is 3.96. The summed E-state index contributed by atoms with van der Waals surface area (Å²) in [5.74, 6) is 0. The van der Waals surface area contributed by atoms with Crippen LogP contribution in [0.5, 0.6) is 0 Å². The fourth-order valence-corrected chi connectivity index (χ4v) is 2.25. The summed E-state index contributed by atoms with van der Waals surface area (Å²) in [6.07, 6.45) is 0. The molecule has 0 saturated carbocycles. The number of hydrogen-bond donors (Lipinski definition) is 1. The van der Waals surface area contributed by atoms with E-state index in [2.05, 4.69) is 53.5 Å². The molecule has 2 aromatic carbocycles. The summed E-state index contributed by atoms with van der Waals surface area (Å²) in [7, 11) is 0. The monoisotopic (exact) mass is 237 g/mol. The lowest BCUT2D eigenvalue weighted by atomic mass is 10.0. The lowest BCUT2D eigenvalue weighted by molar-refractivity contribution is 1.30. The summed E-state index contributed by atoms with van der Waals surface area (Å²) in [5, 5.41) is 2.49. The highest BCUT2D eigenvalue weighted by atomic mass is 32.1. The van der Waals surface area contributed by atoms with Crippen molar-refractivity contribution in [3.05, 3.63) is 65.3 Å². The van der Waals surface area contributed by atoms with E-state index in [0.717, 1.165) is 10.3 Å². The van der Waals surface area contributed by atoms with Crippen LogP contribution in [0.15, 0.2) is 60.7 Å². The summed E-state index contributed by atoms with van der Waals surface area (Å²) in [5.41, 5.74) is 2.25. The van der Waals surface area contributed by atoms with Crippen LogP contribution in [0.3, 0.4) is 0 Å². The van der Waals surface area contributed by atoms with Gasteiger partial charge in [-0.15, -0.1) is 0 Å². The lowest BCUT2D eigenvalue weighted by Gasteiger charge is -2.06. The van der Waals surface area contributed by atoms with Crippen molar-refractivity contribution in [2.75, 3.05) is 0 Å². The van der Waals surface area contributed by atoms with Crippen molar-refractivity contribution >= 4 is 23.0 Å². The van der Waals surface area contributed by atoms with Crippen LogP contribution in [-0.2, 0) is 0 Å². The average molecular weight is 237 g/mol. The second kappa shape index (κ2) is 4.15. The molecular weight excluding hydrogens is 226 g/mol. The van der Waals surface area contributed by atoms with E-state index in [0.29, 0.717) is 0 Å². The zero-order chi connectivity index (χ0) is 11.7. The highest BCUT2D eigenvalue weighted by molar-refractivity contribution is 7.71. The number of rotatable bonds is 1. The van der Waals surface area contributed by atoms with Gasteiger partial charge in [0, 0.05) is 11.3 Å². The third-order valence-electron chi connectivity index (χ3n) is 2.85. The van der Waals surface area contributed by atoms with Gasteiger partial charge in [0.05, 0.1) is 0 Å². The number of aromatic nitrogens is 1. The Morgan fingerprint density at radius 3 is 2.41 bits per heavy atom. The van der Waals surface area contributed by atoms with Gasteiger partial charge in [-0.3, -0.25) is 0 Å². The van der Waals surface area contributed by atoms with Crippen molar-refractivity contribution in [1.82, 2.24) is 4.98 Å². The molecule has 0 fully saturated rings. The Morgan fingerprint density at radius 2 is 1.53 bits per heavy atom. The van der Waals surface area contributed by atoms with Crippen molar-refractivity contribution < 1.29 is 0 Å². The Labute approximate surface area is 105 Å². The standard InChI is InChI=1S/C15H11NS/c17-15-10-4-9-14(16-15)13-8-3-6-11-5-1-2-7-12(11)13/h1-10H,(H,16,17). The minimum Gasteiger partial charge on any atom is -0.346 e. The number of aromatic amines is 1. The van der Waals surface area contributed by atoms with Crippen molar-refractivity contribution in [2.45, 2.75) is 0 Å². The van der Waals surface area contributed by atoms with Gasteiger partial charge >= 0.3 is 0 Å². The molecular formula is C15H11NS. The topological polar surface area (TPSA) is 15.8 Å². The number of H-pyrrole nitrogens is 1. The summed E-state index contributed by atoms with van der Waals surface area (Å²) in [6, 6.07) is 20.6. The van der Waals surface area contributed by atoms with Gasteiger partial charge in [-0.1, -0.05) is 60.7 Å². The first kappa shape index (κ1) is 10.2. The largest absolute Gasteiger partial charge is 0.346 e. The molecule has 2 heteroatoms. The van der Waals surface area contributed by atoms with Crippen molar-refractivity contribution in [3.63, 3.8) is 0 Å². The van der Waals surface area contributed by atoms with E-state index < -0.39 is 0 Å². The van der Waals surface area contributed by atoms with Crippen LogP contribution in [0.1, 0.15) is 0 Å². The third kappa shape index (κ3) is 1.87. The molecule has 0 amide bonds. The molecule has 17 heavy (non-hydrogen) atoms. The molecule has 3 rings (SSSR count). The molecule has 0 aliphatic carbocycles. The highest BCUT2D eigenvalue weighted by Crippen LogP contribution is 2.26. The summed E-state index contributed by atoms with van der Waals surface area (Å²) < 4.78 is 0.760. The Balaban J connectivity index is 2.34. The maximum Gasteiger partial charge on any atom is 0.103 e. The molecule has 0 radical (unpaired) electrons. The fourth-order valence-electron chi connectivity index (χ4n) is 2.07. The molecule has 0 spiro atoms. The molecule has 1 heterocycles. The Kier molecular flexibility index (Phi) is 2.50. The third-order valence-corrected chi connectivity index (χ3v) is 3.09. The van der Waals surface area contributed by atoms with Crippen LogP contribution in [-0.4, -0.2) is 4.98 Å². The van der Waals surface area contributed by atoms with E-state index in [4.69, 9.17) is 12.2 Å². The van der Waals surface area contributed by atoms with Crippen LogP contribution >= 0.6 is 12.2 Å². The first-order valence-electron chi connectivity index (χ1n) is 5.52. The molecule has 1 aromatic heterocycles. The van der Waals surface area contributed by atoms with Gasteiger partial charge < -0.3 is 4.98 Å². The number of pyridine rings is 1. The number of hydrogen-bond acceptors (Lipinski definition) is 1. The van der Waals surface area contributed by atoms with Gasteiger partial charge in [-0.05, 0) is 22.9 Å². The molecule has 0 bridgehead atoms. The Bertz CT molecular complexity index is 723. The zero-order valence-electron chi connectivity index (χ0n) is 9.18. The van der Waals surface area contributed by atoms with Gasteiger partial charge in [-0.2, -0.15) is 0 Å². The predicted molar refractivity (Wildman–Crippen MR) is 74.6 cm³/mol. The molecule has 1 nitrogen and oxygen atoms in total. The molecule has 82 valence electrons. The first-order chi connectivity index (χ1) is 8.34. The van der Waals surface area contributed by atoms with Crippen LogP contribution in [0.25, 0.3) is 22.0 Å². The van der Waals surface area contributed by atoms with E-state index in [1.54, 1.807) is 0 Å². The highest BCUT2D eigenvalue weighted by Gasteiger charge is 2.02. The average Bonchev–Trinajstić information content (AvgIpc) is 2.38. The zero-order valence-corrected chi connectivity index (χ0v) is 10.00. The Morgan fingerprint density at radius 1 is 0.765 bits per heavy atom. The SMILES string of the molecule is S=c1cccc(-c2cccc3ccccc23)[nH]1. The molecule has 0 aliphatic rings. The summed E-state index contributed by atoms with van der Waals surface area (Å²) in [4.78, 5) is 3.23. The van der Waals surface area contributed by atoms with Crippen LogP contribution in [0, 0.1) is 4.64 Å². The van der Waals surface area contributed by atoms with Crippen molar-refractivity contribution in [1.29, 1.82) is 0 Å². The normalized spacial score (nSPS) is 10.6. The van der Waals surface area contributed by atoms with Gasteiger partial charge in [-0.25, -0.2) is 0 Å². The number of benzene rings is 2. The minimum absolute atomic E-state index is 0.760. The van der Waals surface area contributed by atoms with E-state index in [1.165, 1.54) is 16.3 Å². The van der Waals surface area contributed by atoms with Gasteiger partial charge in [0.15, 0.2) is 0 Å². The smallest absolute Gasteiger partial charge is 0.103 e. The summed E-state index contributed by atoms with van der Waals surface area (Å²) >= 11 is 5.17. The second-order valence-corrected chi connectivity index (χ2v) is 4.40. The predicted octanol–water partition coefficient (Wildman–Crippen LogP) is 4.56. The van der Waals surface area contributed by atoms with Crippen LogP contribution in [0.2, 0.25) is 0 Å². The van der Waals surface area contributed by atoms with Gasteiger partial charge in [0.1, 0.15) is 4.64 Å². The molecule has 3 aromatic rings. The van der Waals surface area contributed by atoms with Crippen molar-refractivity contribution in [2.24, 2.45) is 0 Å². The van der Waals surface area contributed by atoms with E-state index >= 15 is 0 Å². The molecule has 0 atom stereocenters. The first-order valence-corrected chi connectivity index (χ1v) is 5.93. The Hall–Kier alpha value is -1.93. The minimum atomic E-state index is 0.760. The molecule has 0 unspecified atom stereocenters. The number of fused-ring (bicyclic) bond motifs is 1. The number of nitrogens with one attached hydrogen (secondary N) is 1. The van der Waals surface area contributed by atoms with Gasteiger partial charge in [0.2, 0.25) is 0 Å². The quantitative estimate of drug-likeness (QED) is 0.613. The van der Waals surface area contributed by atoms with Gasteiger partial charge in [0.25, 0.3) is 0 Å². The maximum atomic E-state index is 5.17. The molecule has 0 aliphatic heterocycles. The molecule has 1 N–H and O–H groups in total. The lowest BCUT2D eigenvalue weighted by Crippen LogP contribution is -1.85. The maximum absolute atomic E-state index is 5.17.